The van der Waals surface area contributed by atoms with E-state index in [4.69, 9.17) is 0 Å². The van der Waals surface area contributed by atoms with Crippen LogP contribution in [0.4, 0.5) is 0 Å². The van der Waals surface area contributed by atoms with Crippen molar-refractivity contribution in [3.05, 3.63) is 23.8 Å². The van der Waals surface area contributed by atoms with Crippen LogP contribution in [-0.2, 0) is 4.79 Å². The lowest BCUT2D eigenvalue weighted by atomic mass is 9.88. The summed E-state index contributed by atoms with van der Waals surface area (Å²) in [6.45, 7) is 6.80. The molecule has 1 N–H and O–H groups in total. The first-order valence-corrected chi connectivity index (χ1v) is 8.77. The van der Waals surface area contributed by atoms with Gasteiger partial charge in [-0.2, -0.15) is 10.1 Å². The van der Waals surface area contributed by atoms with Gasteiger partial charge >= 0.3 is 0 Å². The van der Waals surface area contributed by atoms with Crippen molar-refractivity contribution in [2.24, 2.45) is 4.99 Å². The maximum atomic E-state index is 13.0. The van der Waals surface area contributed by atoms with Gasteiger partial charge in [-0.1, -0.05) is 13.8 Å². The molecule has 0 aromatic carbocycles. The van der Waals surface area contributed by atoms with E-state index in [1.807, 2.05) is 13.8 Å². The number of amides is 2. The number of carbonyl (C=O) groups excluding carboxylic acids is 2. The zero-order valence-corrected chi connectivity index (χ0v) is 15.1. The lowest BCUT2D eigenvalue weighted by Gasteiger charge is -2.35. The molecule has 2 amide bonds. The zero-order chi connectivity index (χ0) is 18.5. The van der Waals surface area contributed by atoms with Gasteiger partial charge in [0, 0.05) is 13.1 Å². The molecule has 2 aromatic heterocycles. The fourth-order valence-corrected chi connectivity index (χ4v) is 3.62. The van der Waals surface area contributed by atoms with E-state index < -0.39 is 5.54 Å². The molecule has 4 heterocycles. The van der Waals surface area contributed by atoms with E-state index in [0.717, 1.165) is 5.69 Å². The Hall–Kier alpha value is -2.84. The van der Waals surface area contributed by atoms with Crippen molar-refractivity contribution in [2.75, 3.05) is 13.1 Å². The van der Waals surface area contributed by atoms with Crippen molar-refractivity contribution in [1.82, 2.24) is 29.8 Å². The molecule has 1 spiro atoms. The summed E-state index contributed by atoms with van der Waals surface area (Å²) in [5.41, 5.74) is 0.536. The number of rotatable bonds is 2. The molecule has 1 saturated heterocycles. The summed E-state index contributed by atoms with van der Waals surface area (Å²) in [7, 11) is 0. The quantitative estimate of drug-likeness (QED) is 0.857. The summed E-state index contributed by atoms with van der Waals surface area (Å²) < 4.78 is 1.66. The summed E-state index contributed by atoms with van der Waals surface area (Å²) in [6.07, 6.45) is 2.48. The maximum Gasteiger partial charge on any atom is 0.272 e. The van der Waals surface area contributed by atoms with Gasteiger partial charge in [0.1, 0.15) is 23.4 Å². The molecule has 0 radical (unpaired) electrons. The molecule has 136 valence electrons. The minimum Gasteiger partial charge on any atom is -0.337 e. The van der Waals surface area contributed by atoms with Gasteiger partial charge in [0.15, 0.2) is 0 Å². The highest BCUT2D eigenvalue weighted by molar-refractivity contribution is 6.07. The summed E-state index contributed by atoms with van der Waals surface area (Å²) in [6, 6.07) is 1.78. The van der Waals surface area contributed by atoms with Crippen LogP contribution >= 0.6 is 0 Å². The van der Waals surface area contributed by atoms with Crippen LogP contribution in [0.15, 0.2) is 17.4 Å². The standard InChI is InChI=1S/C17H21N7O2/c1-10(2)13-8-12(21-16-18-9-19-24(13)16)14(25)23-6-4-17(5-7-23)15(26)20-11(3)22-17/h8-10H,4-7H2,1-3H3,(H,20,22,26). The third-order valence-electron chi connectivity index (χ3n) is 5.07. The molecular formula is C17H21N7O2. The predicted octanol–water partition coefficient (Wildman–Crippen LogP) is 0.771. The number of nitrogens with zero attached hydrogens (tertiary/aromatic N) is 6. The number of aromatic nitrogens is 4. The fraction of sp³-hybridized carbons (Fsp3) is 0.529. The van der Waals surface area contributed by atoms with Crippen LogP contribution in [0.1, 0.15) is 55.7 Å². The third-order valence-corrected chi connectivity index (χ3v) is 5.07. The lowest BCUT2D eigenvalue weighted by molar-refractivity contribution is -0.125. The number of nitrogens with one attached hydrogen (secondary N) is 1. The Morgan fingerprint density at radius 2 is 2.04 bits per heavy atom. The Labute approximate surface area is 150 Å². The molecule has 2 aliphatic heterocycles. The lowest BCUT2D eigenvalue weighted by Crippen LogP contribution is -2.50. The Morgan fingerprint density at radius 1 is 1.31 bits per heavy atom. The van der Waals surface area contributed by atoms with Gasteiger partial charge in [-0.05, 0) is 31.7 Å². The topological polar surface area (TPSA) is 105 Å². The summed E-state index contributed by atoms with van der Waals surface area (Å²) >= 11 is 0. The minimum absolute atomic E-state index is 0.0628. The highest BCUT2D eigenvalue weighted by atomic mass is 16.2. The maximum absolute atomic E-state index is 13.0. The Kier molecular flexibility index (Phi) is 3.74. The van der Waals surface area contributed by atoms with Crippen molar-refractivity contribution in [1.29, 1.82) is 0 Å². The second-order valence-corrected chi connectivity index (χ2v) is 7.17. The fourth-order valence-electron chi connectivity index (χ4n) is 3.62. The van der Waals surface area contributed by atoms with Crippen molar-refractivity contribution in [3.63, 3.8) is 0 Å². The molecule has 9 heteroatoms. The first-order valence-electron chi connectivity index (χ1n) is 8.77. The molecule has 0 atom stereocenters. The SMILES string of the molecule is CC1=NC2(CCN(C(=O)c3cc(C(C)C)n4ncnc4n3)CC2)C(=O)N1. The van der Waals surface area contributed by atoms with E-state index >= 15 is 0 Å². The number of aliphatic imine (C=N–C) groups is 1. The van der Waals surface area contributed by atoms with E-state index in [0.29, 0.717) is 43.2 Å². The van der Waals surface area contributed by atoms with Crippen molar-refractivity contribution in [3.8, 4) is 0 Å². The average Bonchev–Trinajstić information content (AvgIpc) is 3.18. The molecule has 2 aliphatic rings. The van der Waals surface area contributed by atoms with Crippen molar-refractivity contribution < 1.29 is 9.59 Å². The predicted molar refractivity (Wildman–Crippen MR) is 94.0 cm³/mol. The molecule has 0 unspecified atom stereocenters. The first-order chi connectivity index (χ1) is 12.4. The number of piperidine rings is 1. The monoisotopic (exact) mass is 355 g/mol. The second-order valence-electron chi connectivity index (χ2n) is 7.17. The molecule has 2 aromatic rings. The van der Waals surface area contributed by atoms with Gasteiger partial charge < -0.3 is 10.2 Å². The minimum atomic E-state index is -0.714. The van der Waals surface area contributed by atoms with Crippen LogP contribution in [0.2, 0.25) is 0 Å². The van der Waals surface area contributed by atoms with E-state index in [-0.39, 0.29) is 17.7 Å². The summed E-state index contributed by atoms with van der Waals surface area (Å²) in [4.78, 5) is 39.8. The molecule has 0 saturated carbocycles. The van der Waals surface area contributed by atoms with Crippen LogP contribution in [0.3, 0.4) is 0 Å². The van der Waals surface area contributed by atoms with Gasteiger partial charge in [-0.15, -0.1) is 0 Å². The average molecular weight is 355 g/mol. The first kappa shape index (κ1) is 16.6. The van der Waals surface area contributed by atoms with E-state index in [2.05, 4.69) is 25.4 Å². The van der Waals surface area contributed by atoms with Gasteiger partial charge in [0.25, 0.3) is 17.6 Å². The van der Waals surface area contributed by atoms with Gasteiger partial charge in [-0.25, -0.2) is 9.50 Å². The van der Waals surface area contributed by atoms with Gasteiger partial charge in [0.05, 0.1) is 5.69 Å². The van der Waals surface area contributed by atoms with Crippen LogP contribution in [0, 0.1) is 0 Å². The zero-order valence-electron chi connectivity index (χ0n) is 15.1. The Bertz CT molecular complexity index is 922. The smallest absolute Gasteiger partial charge is 0.272 e. The summed E-state index contributed by atoms with van der Waals surface area (Å²) in [5, 5.41) is 6.94. The van der Waals surface area contributed by atoms with Gasteiger partial charge in [-0.3, -0.25) is 14.6 Å². The number of fused-ring (bicyclic) bond motifs is 1. The van der Waals surface area contributed by atoms with Crippen molar-refractivity contribution in [2.45, 2.75) is 45.1 Å². The largest absolute Gasteiger partial charge is 0.337 e. The number of carbonyl (C=O) groups is 2. The molecular weight excluding hydrogens is 334 g/mol. The molecule has 26 heavy (non-hydrogen) atoms. The number of hydrogen-bond donors (Lipinski definition) is 1. The van der Waals surface area contributed by atoms with E-state index in [9.17, 15) is 9.59 Å². The van der Waals surface area contributed by atoms with Crippen LogP contribution < -0.4 is 5.32 Å². The van der Waals surface area contributed by atoms with Crippen LogP contribution in [0.25, 0.3) is 5.78 Å². The molecule has 9 nitrogen and oxygen atoms in total. The number of amidine groups is 1. The molecule has 4 rings (SSSR count). The highest BCUT2D eigenvalue weighted by Gasteiger charge is 2.45. The molecule has 1 fully saturated rings. The summed E-state index contributed by atoms with van der Waals surface area (Å²) in [5.74, 6) is 1.04. The Morgan fingerprint density at radius 3 is 2.65 bits per heavy atom. The molecule has 0 bridgehead atoms. The van der Waals surface area contributed by atoms with Crippen LogP contribution in [-0.4, -0.2) is 60.8 Å². The Balaban J connectivity index is 1.58. The van der Waals surface area contributed by atoms with E-state index in [1.54, 1.807) is 22.4 Å². The highest BCUT2D eigenvalue weighted by Crippen LogP contribution is 2.30. The van der Waals surface area contributed by atoms with E-state index in [1.165, 1.54) is 6.33 Å². The van der Waals surface area contributed by atoms with Crippen molar-refractivity contribution >= 4 is 23.4 Å². The van der Waals surface area contributed by atoms with Gasteiger partial charge in [0.2, 0.25) is 0 Å². The molecule has 0 aliphatic carbocycles. The number of hydrogen-bond acceptors (Lipinski definition) is 6. The normalized spacial score (nSPS) is 19.3. The van der Waals surface area contributed by atoms with Crippen LogP contribution in [0.5, 0.6) is 0 Å². The third kappa shape index (κ3) is 2.54. The second kappa shape index (κ2) is 5.86. The number of likely N-dealkylation sites (tertiary alicyclic amines) is 1.